The number of anilines is 1. The Bertz CT molecular complexity index is 1340. The number of likely N-dealkylation sites (tertiary alicyclic amines) is 1. The Morgan fingerprint density at radius 3 is 2.63 bits per heavy atom. The first-order valence-corrected chi connectivity index (χ1v) is 12.8. The minimum atomic E-state index is -0.179. The lowest BCUT2D eigenvalue weighted by Crippen LogP contribution is -2.45. The van der Waals surface area contributed by atoms with Crippen LogP contribution in [0.4, 0.5) is 5.69 Å². The summed E-state index contributed by atoms with van der Waals surface area (Å²) in [4.78, 5) is 30.7. The van der Waals surface area contributed by atoms with E-state index in [1.165, 1.54) is 16.7 Å². The van der Waals surface area contributed by atoms with E-state index < -0.39 is 0 Å². The Hall–Kier alpha value is -3.58. The number of nitrogens with one attached hydrogen (secondary N) is 1. The molecule has 0 saturated carbocycles. The normalized spacial score (nSPS) is 15.8. The molecule has 180 valence electrons. The molecule has 0 radical (unpaired) electrons. The van der Waals surface area contributed by atoms with E-state index in [4.69, 9.17) is 0 Å². The number of hydrogen-bond donors (Lipinski definition) is 1. The minimum absolute atomic E-state index is 0.00878. The largest absolute Gasteiger partial charge is 0.378 e. The van der Waals surface area contributed by atoms with Gasteiger partial charge in [0.15, 0.2) is 0 Å². The van der Waals surface area contributed by atoms with E-state index in [1.807, 2.05) is 78.6 Å². The van der Waals surface area contributed by atoms with Gasteiger partial charge in [0.1, 0.15) is 5.00 Å². The molecular weight excluding hydrogens is 456 g/mol. The van der Waals surface area contributed by atoms with Crippen LogP contribution >= 0.6 is 11.3 Å². The second kappa shape index (κ2) is 9.96. The number of aromatic nitrogens is 1. The van der Waals surface area contributed by atoms with Crippen molar-refractivity contribution in [2.75, 3.05) is 32.1 Å². The van der Waals surface area contributed by atoms with Crippen molar-refractivity contribution in [1.82, 2.24) is 14.8 Å². The second-order valence-corrected chi connectivity index (χ2v) is 10.3. The van der Waals surface area contributed by atoms with Crippen LogP contribution in [0.1, 0.15) is 28.1 Å². The van der Waals surface area contributed by atoms with Crippen molar-refractivity contribution in [2.45, 2.75) is 19.4 Å². The summed E-state index contributed by atoms with van der Waals surface area (Å²) in [5.41, 5.74) is 3.32. The van der Waals surface area contributed by atoms with Crippen LogP contribution in [0.15, 0.2) is 72.9 Å². The number of amides is 2. The maximum atomic E-state index is 13.3. The van der Waals surface area contributed by atoms with E-state index in [0.29, 0.717) is 24.5 Å². The molecule has 2 amide bonds. The third-order valence-corrected chi connectivity index (χ3v) is 7.71. The zero-order valence-electron chi connectivity index (χ0n) is 20.1. The first-order valence-electron chi connectivity index (χ1n) is 12.0. The van der Waals surface area contributed by atoms with Crippen LogP contribution in [-0.2, 0) is 11.3 Å². The number of para-hydroxylation sites is 1. The van der Waals surface area contributed by atoms with Crippen molar-refractivity contribution >= 4 is 39.7 Å². The lowest BCUT2D eigenvalue weighted by molar-refractivity contribution is -0.126. The molecule has 5 rings (SSSR count). The fourth-order valence-electron chi connectivity index (χ4n) is 4.62. The van der Waals surface area contributed by atoms with Gasteiger partial charge in [-0.2, -0.15) is 0 Å². The SMILES string of the molecule is CN(C)c1ccc(CNC(=O)[C@@H]2CCCN(C(=O)c3ccc(-n4ccc5ccccc54)s3)C2)cc1. The predicted octanol–water partition coefficient (Wildman–Crippen LogP) is 4.93. The number of carbonyl (C=O) groups excluding carboxylic acids is 2. The summed E-state index contributed by atoms with van der Waals surface area (Å²) in [6.07, 6.45) is 3.68. The van der Waals surface area contributed by atoms with Crippen LogP contribution in [0.5, 0.6) is 0 Å². The monoisotopic (exact) mass is 486 g/mol. The van der Waals surface area contributed by atoms with E-state index in [9.17, 15) is 9.59 Å². The van der Waals surface area contributed by atoms with Gasteiger partial charge in [-0.05, 0) is 60.2 Å². The molecule has 1 aliphatic rings. The number of fused-ring (bicyclic) bond motifs is 1. The van der Waals surface area contributed by atoms with Crippen LogP contribution in [0.25, 0.3) is 15.9 Å². The third-order valence-electron chi connectivity index (χ3n) is 6.64. The molecule has 6 nitrogen and oxygen atoms in total. The van der Waals surface area contributed by atoms with Crippen molar-refractivity contribution in [3.63, 3.8) is 0 Å². The summed E-state index contributed by atoms with van der Waals surface area (Å²) in [6.45, 7) is 1.65. The molecular formula is C28H30N4O2S. The second-order valence-electron chi connectivity index (χ2n) is 9.25. The molecule has 35 heavy (non-hydrogen) atoms. The summed E-state index contributed by atoms with van der Waals surface area (Å²) in [5.74, 6) is -0.152. The van der Waals surface area contributed by atoms with E-state index in [1.54, 1.807) is 0 Å². The third kappa shape index (κ3) is 4.95. The van der Waals surface area contributed by atoms with E-state index in [-0.39, 0.29) is 17.7 Å². The van der Waals surface area contributed by atoms with Gasteiger partial charge in [-0.15, -0.1) is 11.3 Å². The van der Waals surface area contributed by atoms with Crippen LogP contribution in [0.2, 0.25) is 0 Å². The van der Waals surface area contributed by atoms with Gasteiger partial charge in [-0.25, -0.2) is 0 Å². The first kappa shape index (κ1) is 23.2. The van der Waals surface area contributed by atoms with Gasteiger partial charge in [0.2, 0.25) is 5.91 Å². The molecule has 1 N–H and O–H groups in total. The Balaban J connectivity index is 1.21. The van der Waals surface area contributed by atoms with Crippen molar-refractivity contribution in [3.05, 3.63) is 83.4 Å². The highest BCUT2D eigenvalue weighted by molar-refractivity contribution is 7.16. The van der Waals surface area contributed by atoms with Crippen LogP contribution in [0.3, 0.4) is 0 Å². The molecule has 1 saturated heterocycles. The Kier molecular flexibility index (Phi) is 6.59. The molecule has 2 aromatic carbocycles. The molecule has 1 aliphatic heterocycles. The van der Waals surface area contributed by atoms with Crippen molar-refractivity contribution in [3.8, 4) is 5.00 Å². The predicted molar refractivity (Wildman–Crippen MR) is 142 cm³/mol. The smallest absolute Gasteiger partial charge is 0.264 e. The summed E-state index contributed by atoms with van der Waals surface area (Å²) in [5, 5.41) is 5.25. The van der Waals surface area contributed by atoms with Crippen LogP contribution in [0, 0.1) is 5.92 Å². The maximum absolute atomic E-state index is 13.3. The van der Waals surface area contributed by atoms with Crippen molar-refractivity contribution < 1.29 is 9.59 Å². The molecule has 1 fully saturated rings. The molecule has 1 atom stereocenters. The molecule has 7 heteroatoms. The zero-order chi connectivity index (χ0) is 24.4. The Labute approximate surface area is 209 Å². The quantitative estimate of drug-likeness (QED) is 0.421. The number of rotatable bonds is 6. The molecule has 4 aromatic rings. The number of carbonyl (C=O) groups is 2. The average Bonchev–Trinajstić information content (AvgIpc) is 3.54. The summed E-state index contributed by atoms with van der Waals surface area (Å²) in [6, 6.07) is 22.4. The van der Waals surface area contributed by atoms with Gasteiger partial charge < -0.3 is 19.7 Å². The zero-order valence-corrected chi connectivity index (χ0v) is 20.9. The number of piperidine rings is 1. The highest BCUT2D eigenvalue weighted by atomic mass is 32.1. The summed E-state index contributed by atoms with van der Waals surface area (Å²) in [7, 11) is 4.01. The Morgan fingerprint density at radius 1 is 1.03 bits per heavy atom. The maximum Gasteiger partial charge on any atom is 0.264 e. The van der Waals surface area contributed by atoms with Gasteiger partial charge in [0.25, 0.3) is 5.91 Å². The van der Waals surface area contributed by atoms with E-state index >= 15 is 0 Å². The van der Waals surface area contributed by atoms with Gasteiger partial charge in [0.05, 0.1) is 16.3 Å². The van der Waals surface area contributed by atoms with Gasteiger partial charge in [-0.3, -0.25) is 9.59 Å². The van der Waals surface area contributed by atoms with E-state index in [2.05, 4.69) is 28.1 Å². The fraction of sp³-hybridized carbons (Fsp3) is 0.286. The molecule has 0 bridgehead atoms. The average molecular weight is 487 g/mol. The highest BCUT2D eigenvalue weighted by Gasteiger charge is 2.29. The number of hydrogen-bond acceptors (Lipinski definition) is 4. The summed E-state index contributed by atoms with van der Waals surface area (Å²) >= 11 is 1.50. The van der Waals surface area contributed by atoms with Gasteiger partial charge >= 0.3 is 0 Å². The minimum Gasteiger partial charge on any atom is -0.378 e. The van der Waals surface area contributed by atoms with Gasteiger partial charge in [-0.1, -0.05) is 30.3 Å². The number of thiophene rings is 1. The van der Waals surface area contributed by atoms with Crippen LogP contribution in [-0.4, -0.2) is 48.5 Å². The molecule has 0 unspecified atom stereocenters. The Morgan fingerprint density at radius 2 is 1.83 bits per heavy atom. The first-order chi connectivity index (χ1) is 17.0. The van der Waals surface area contributed by atoms with E-state index in [0.717, 1.165) is 34.6 Å². The van der Waals surface area contributed by atoms with Crippen molar-refractivity contribution in [1.29, 1.82) is 0 Å². The highest BCUT2D eigenvalue weighted by Crippen LogP contribution is 2.28. The molecule has 2 aromatic heterocycles. The van der Waals surface area contributed by atoms with Gasteiger partial charge in [0, 0.05) is 45.6 Å². The molecule has 0 aliphatic carbocycles. The summed E-state index contributed by atoms with van der Waals surface area (Å²) < 4.78 is 2.12. The van der Waals surface area contributed by atoms with Crippen LogP contribution < -0.4 is 10.2 Å². The standard InChI is InChI=1S/C28H30N4O2S/c1-30(2)23-11-9-20(10-12-23)18-29-27(33)22-7-5-16-31(19-22)28(34)25-13-14-26(35-25)32-17-15-21-6-3-4-8-24(21)32/h3-4,6,8-15,17,22H,5,7,16,18-19H2,1-2H3,(H,29,33)/t22-/m1/s1. The number of benzene rings is 2. The lowest BCUT2D eigenvalue weighted by Gasteiger charge is -2.31. The fourth-order valence-corrected chi connectivity index (χ4v) is 5.60. The molecule has 0 spiro atoms. The number of nitrogens with zero attached hydrogens (tertiary/aromatic N) is 3. The van der Waals surface area contributed by atoms with Crippen molar-refractivity contribution in [2.24, 2.45) is 5.92 Å². The topological polar surface area (TPSA) is 57.6 Å². The molecule has 3 heterocycles. The lowest BCUT2D eigenvalue weighted by atomic mass is 9.97.